The molecule has 0 aliphatic heterocycles. The van der Waals surface area contributed by atoms with Gasteiger partial charge >= 0.3 is 6.18 Å². The van der Waals surface area contributed by atoms with E-state index in [1.807, 2.05) is 0 Å². The van der Waals surface area contributed by atoms with Crippen molar-refractivity contribution in [3.8, 4) is 0 Å². The van der Waals surface area contributed by atoms with Crippen molar-refractivity contribution in [1.29, 1.82) is 0 Å². The lowest BCUT2D eigenvalue weighted by Gasteiger charge is -2.09. The van der Waals surface area contributed by atoms with Crippen molar-refractivity contribution < 1.29 is 18.3 Å². The molecule has 0 saturated carbocycles. The summed E-state index contributed by atoms with van der Waals surface area (Å²) in [5, 5.41) is 8.23. The van der Waals surface area contributed by atoms with Gasteiger partial charge in [0.2, 0.25) is 0 Å². The normalized spacial score (nSPS) is 11.8. The summed E-state index contributed by atoms with van der Waals surface area (Å²) in [5.74, 6) is 0. The summed E-state index contributed by atoms with van der Waals surface area (Å²) in [6.45, 7) is -0.322. The van der Waals surface area contributed by atoms with Gasteiger partial charge in [0.25, 0.3) is 0 Å². The zero-order valence-electron chi connectivity index (χ0n) is 6.40. The number of aliphatic hydroxyl groups is 1. The van der Waals surface area contributed by atoms with E-state index in [2.05, 4.69) is 0 Å². The smallest absolute Gasteiger partial charge is 0.392 e. The fourth-order valence-corrected chi connectivity index (χ4v) is 1.20. The third kappa shape index (κ3) is 2.35. The summed E-state index contributed by atoms with van der Waals surface area (Å²) in [5.41, 5.74) is -0.524. The SMILES string of the molecule is OCc1ccc(C(F)(F)F)c(Cl)c1. The highest BCUT2D eigenvalue weighted by Crippen LogP contribution is 2.34. The van der Waals surface area contributed by atoms with E-state index in [1.165, 1.54) is 6.07 Å². The maximum atomic E-state index is 12.1. The van der Waals surface area contributed by atoms with E-state index < -0.39 is 11.7 Å². The molecule has 5 heteroatoms. The third-order valence-corrected chi connectivity index (χ3v) is 1.83. The monoisotopic (exact) mass is 210 g/mol. The molecule has 1 aromatic rings. The lowest BCUT2D eigenvalue weighted by Crippen LogP contribution is -2.05. The van der Waals surface area contributed by atoms with Crippen LogP contribution in [0.15, 0.2) is 18.2 Å². The van der Waals surface area contributed by atoms with Crippen LogP contribution in [-0.2, 0) is 12.8 Å². The molecule has 0 amide bonds. The first kappa shape index (κ1) is 10.3. The van der Waals surface area contributed by atoms with Crippen LogP contribution in [-0.4, -0.2) is 5.11 Å². The Morgan fingerprint density at radius 3 is 2.31 bits per heavy atom. The highest BCUT2D eigenvalue weighted by atomic mass is 35.5. The Balaban J connectivity index is 3.13. The number of rotatable bonds is 1. The largest absolute Gasteiger partial charge is 0.417 e. The number of hydrogen-bond acceptors (Lipinski definition) is 1. The van der Waals surface area contributed by atoms with Crippen molar-refractivity contribution in [2.75, 3.05) is 0 Å². The molecule has 0 fully saturated rings. The second-order valence-electron chi connectivity index (χ2n) is 2.47. The maximum absolute atomic E-state index is 12.1. The van der Waals surface area contributed by atoms with Gasteiger partial charge in [0.15, 0.2) is 0 Å². The molecule has 13 heavy (non-hydrogen) atoms. The Morgan fingerprint density at radius 2 is 1.92 bits per heavy atom. The van der Waals surface area contributed by atoms with Gasteiger partial charge in [-0.05, 0) is 17.7 Å². The molecule has 0 aliphatic rings. The van der Waals surface area contributed by atoms with Gasteiger partial charge in [0, 0.05) is 0 Å². The summed E-state index contributed by atoms with van der Waals surface area (Å²) in [6, 6.07) is 3.15. The molecule has 0 radical (unpaired) electrons. The molecule has 0 aromatic heterocycles. The molecule has 72 valence electrons. The van der Waals surface area contributed by atoms with Gasteiger partial charge < -0.3 is 5.11 Å². The molecule has 0 bridgehead atoms. The van der Waals surface area contributed by atoms with E-state index in [0.29, 0.717) is 5.56 Å². The number of halogens is 4. The first-order valence-corrected chi connectivity index (χ1v) is 3.79. The predicted octanol–water partition coefficient (Wildman–Crippen LogP) is 2.85. The van der Waals surface area contributed by atoms with Crippen LogP contribution < -0.4 is 0 Å². The van der Waals surface area contributed by atoms with Crippen LogP contribution in [0, 0.1) is 0 Å². The van der Waals surface area contributed by atoms with Crippen LogP contribution in [0.3, 0.4) is 0 Å². The minimum atomic E-state index is -4.44. The van der Waals surface area contributed by atoms with E-state index in [1.54, 1.807) is 0 Å². The van der Waals surface area contributed by atoms with Crippen molar-refractivity contribution in [2.24, 2.45) is 0 Å². The Kier molecular flexibility index (Phi) is 2.83. The van der Waals surface area contributed by atoms with E-state index in [9.17, 15) is 13.2 Å². The summed E-state index contributed by atoms with van der Waals surface area (Å²) < 4.78 is 36.4. The second kappa shape index (κ2) is 3.55. The van der Waals surface area contributed by atoms with Crippen LogP contribution in [0.4, 0.5) is 13.2 Å². The first-order valence-electron chi connectivity index (χ1n) is 3.41. The van der Waals surface area contributed by atoms with Gasteiger partial charge in [-0.3, -0.25) is 0 Å². The average Bonchev–Trinajstić information content (AvgIpc) is 2.01. The van der Waals surface area contributed by atoms with E-state index in [0.717, 1.165) is 12.1 Å². The first-order chi connectivity index (χ1) is 5.95. The van der Waals surface area contributed by atoms with Crippen LogP contribution in [0.25, 0.3) is 0 Å². The van der Waals surface area contributed by atoms with Crippen LogP contribution in [0.5, 0.6) is 0 Å². The van der Waals surface area contributed by atoms with Crippen molar-refractivity contribution in [1.82, 2.24) is 0 Å². The summed E-state index contributed by atoms with van der Waals surface area (Å²) in [4.78, 5) is 0. The van der Waals surface area contributed by atoms with Gasteiger partial charge in [0.1, 0.15) is 0 Å². The minimum Gasteiger partial charge on any atom is -0.392 e. The molecule has 0 atom stereocenters. The minimum absolute atomic E-state index is 0.322. The average molecular weight is 211 g/mol. The molecule has 0 aliphatic carbocycles. The molecule has 1 N–H and O–H groups in total. The molecule has 1 nitrogen and oxygen atoms in total. The standard InChI is InChI=1S/C8H6ClF3O/c9-7-3-5(4-13)1-2-6(7)8(10,11)12/h1-3,13H,4H2. The van der Waals surface area contributed by atoms with Crippen LogP contribution in [0.2, 0.25) is 5.02 Å². The zero-order chi connectivity index (χ0) is 10.1. The number of hydrogen-bond donors (Lipinski definition) is 1. The molecule has 1 aromatic carbocycles. The van der Waals surface area contributed by atoms with Crippen LogP contribution in [0.1, 0.15) is 11.1 Å². The van der Waals surface area contributed by atoms with Crippen molar-refractivity contribution in [3.05, 3.63) is 34.3 Å². The lowest BCUT2D eigenvalue weighted by atomic mass is 10.1. The van der Waals surface area contributed by atoms with E-state index in [-0.39, 0.29) is 11.6 Å². The van der Waals surface area contributed by atoms with Gasteiger partial charge in [-0.2, -0.15) is 13.2 Å². The second-order valence-corrected chi connectivity index (χ2v) is 2.88. The Hall–Kier alpha value is -0.740. The highest BCUT2D eigenvalue weighted by Gasteiger charge is 2.32. The fraction of sp³-hybridized carbons (Fsp3) is 0.250. The Labute approximate surface area is 77.8 Å². The third-order valence-electron chi connectivity index (χ3n) is 1.52. The summed E-state index contributed by atoms with van der Waals surface area (Å²) in [7, 11) is 0. The number of alkyl halides is 3. The molecule has 0 unspecified atom stereocenters. The molecule has 0 spiro atoms. The van der Waals surface area contributed by atoms with Gasteiger partial charge in [-0.1, -0.05) is 17.7 Å². The van der Waals surface area contributed by atoms with Gasteiger partial charge in [0.05, 0.1) is 17.2 Å². The molecule has 0 saturated heterocycles. The van der Waals surface area contributed by atoms with Crippen molar-refractivity contribution in [2.45, 2.75) is 12.8 Å². The molecular formula is C8H6ClF3O. The zero-order valence-corrected chi connectivity index (χ0v) is 7.15. The quantitative estimate of drug-likeness (QED) is 0.756. The lowest BCUT2D eigenvalue weighted by molar-refractivity contribution is -0.137. The van der Waals surface area contributed by atoms with Crippen LogP contribution >= 0.6 is 11.6 Å². The maximum Gasteiger partial charge on any atom is 0.417 e. The van der Waals surface area contributed by atoms with E-state index >= 15 is 0 Å². The fourth-order valence-electron chi connectivity index (χ4n) is 0.887. The highest BCUT2D eigenvalue weighted by molar-refractivity contribution is 6.31. The topological polar surface area (TPSA) is 20.2 Å². The molecule has 0 heterocycles. The number of benzene rings is 1. The summed E-state index contributed by atoms with van der Waals surface area (Å²) in [6.07, 6.45) is -4.44. The Morgan fingerprint density at radius 1 is 1.31 bits per heavy atom. The predicted molar refractivity (Wildman–Crippen MR) is 42.4 cm³/mol. The number of aliphatic hydroxyl groups excluding tert-OH is 1. The van der Waals surface area contributed by atoms with Gasteiger partial charge in [-0.15, -0.1) is 0 Å². The Bertz CT molecular complexity index is 309. The molecule has 1 rings (SSSR count). The molecular weight excluding hydrogens is 205 g/mol. The van der Waals surface area contributed by atoms with Crippen molar-refractivity contribution in [3.63, 3.8) is 0 Å². The van der Waals surface area contributed by atoms with Crippen molar-refractivity contribution >= 4 is 11.6 Å². The summed E-state index contributed by atoms with van der Waals surface area (Å²) >= 11 is 5.36. The van der Waals surface area contributed by atoms with Gasteiger partial charge in [-0.25, -0.2) is 0 Å². The van der Waals surface area contributed by atoms with E-state index in [4.69, 9.17) is 16.7 Å².